The monoisotopic (exact) mass is 374 g/mol. The van der Waals surface area contributed by atoms with Gasteiger partial charge in [0, 0.05) is 12.6 Å². The van der Waals surface area contributed by atoms with E-state index in [0.29, 0.717) is 41.8 Å². The first-order chi connectivity index (χ1) is 12.1. The summed E-state index contributed by atoms with van der Waals surface area (Å²) in [6.07, 6.45) is 0. The van der Waals surface area contributed by atoms with E-state index in [-0.39, 0.29) is 5.91 Å². The molecular weight excluding hydrogens is 360 g/mol. The van der Waals surface area contributed by atoms with Crippen LogP contribution in [0.1, 0.15) is 15.4 Å². The molecule has 0 N–H and O–H groups in total. The van der Waals surface area contributed by atoms with E-state index in [1.54, 1.807) is 35.4 Å². The number of halogens is 1. The predicted octanol–water partition coefficient (Wildman–Crippen LogP) is 3.99. The first-order valence-corrected chi connectivity index (χ1v) is 9.00. The molecule has 0 unspecified atom stereocenters. The Kier molecular flexibility index (Phi) is 4.23. The van der Waals surface area contributed by atoms with Crippen LogP contribution >= 0.6 is 22.9 Å². The molecule has 7 heteroatoms. The Morgan fingerprint density at radius 1 is 1.28 bits per heavy atom. The Hall–Kier alpha value is -2.31. The second-order valence-electron chi connectivity index (χ2n) is 5.72. The molecule has 4 rings (SSSR count). The molecule has 0 spiro atoms. The maximum Gasteiger partial charge on any atom is 0.254 e. The summed E-state index contributed by atoms with van der Waals surface area (Å²) in [5, 5.41) is 1.27. The Morgan fingerprint density at radius 2 is 2.08 bits per heavy atom. The Bertz CT molecular complexity index is 924. The van der Waals surface area contributed by atoms with Crippen molar-refractivity contribution in [3.05, 3.63) is 52.0 Å². The molecule has 1 amide bonds. The van der Waals surface area contributed by atoms with Gasteiger partial charge in [-0.2, -0.15) is 0 Å². The SMILES string of the molecule is CN(Cc1nc2ccccc2s1)C(=O)c1cc(Cl)c2c(c1)OCCO2. The van der Waals surface area contributed by atoms with Gasteiger partial charge in [-0.3, -0.25) is 4.79 Å². The molecule has 0 saturated carbocycles. The third-order valence-electron chi connectivity index (χ3n) is 3.90. The highest BCUT2D eigenvalue weighted by Crippen LogP contribution is 2.38. The lowest BCUT2D eigenvalue weighted by molar-refractivity contribution is 0.0784. The summed E-state index contributed by atoms with van der Waals surface area (Å²) >= 11 is 7.81. The molecule has 128 valence electrons. The maximum atomic E-state index is 12.7. The Labute approximate surface area is 153 Å². The van der Waals surface area contributed by atoms with E-state index >= 15 is 0 Å². The van der Waals surface area contributed by atoms with E-state index in [4.69, 9.17) is 21.1 Å². The molecule has 1 aromatic heterocycles. The van der Waals surface area contributed by atoms with Gasteiger partial charge < -0.3 is 14.4 Å². The van der Waals surface area contributed by atoms with Crippen LogP contribution < -0.4 is 9.47 Å². The number of carbonyl (C=O) groups is 1. The Balaban J connectivity index is 1.56. The normalized spacial score (nSPS) is 13.0. The summed E-state index contributed by atoms with van der Waals surface area (Å²) in [6, 6.07) is 11.2. The van der Waals surface area contributed by atoms with E-state index in [1.807, 2.05) is 24.3 Å². The molecule has 1 aliphatic heterocycles. The number of thiazole rings is 1. The quantitative estimate of drug-likeness (QED) is 0.695. The van der Waals surface area contributed by atoms with Gasteiger partial charge in [0.15, 0.2) is 11.5 Å². The molecule has 0 aliphatic carbocycles. The van der Waals surface area contributed by atoms with Gasteiger partial charge in [0.2, 0.25) is 0 Å². The van der Waals surface area contributed by atoms with Crippen molar-refractivity contribution in [2.24, 2.45) is 0 Å². The van der Waals surface area contributed by atoms with Crippen molar-refractivity contribution in [2.45, 2.75) is 6.54 Å². The van der Waals surface area contributed by atoms with Crippen LogP contribution in [0.3, 0.4) is 0 Å². The standard InChI is InChI=1S/C18H15ClN2O3S/c1-21(10-16-20-13-4-2-3-5-15(13)25-16)18(22)11-8-12(19)17-14(9-11)23-6-7-24-17/h2-5,8-9H,6-7,10H2,1H3. The smallest absolute Gasteiger partial charge is 0.254 e. The molecule has 0 radical (unpaired) electrons. The lowest BCUT2D eigenvalue weighted by atomic mass is 10.1. The van der Waals surface area contributed by atoms with Gasteiger partial charge in [-0.25, -0.2) is 4.98 Å². The van der Waals surface area contributed by atoms with E-state index in [1.165, 1.54) is 0 Å². The van der Waals surface area contributed by atoms with Crippen molar-refractivity contribution in [1.29, 1.82) is 0 Å². The van der Waals surface area contributed by atoms with Crippen molar-refractivity contribution in [1.82, 2.24) is 9.88 Å². The summed E-state index contributed by atoms with van der Waals surface area (Å²) in [7, 11) is 1.75. The number of rotatable bonds is 3. The lowest BCUT2D eigenvalue weighted by Crippen LogP contribution is -2.26. The molecule has 1 aliphatic rings. The number of aromatic nitrogens is 1. The molecule has 3 aromatic rings. The minimum atomic E-state index is -0.141. The number of benzene rings is 2. The molecule has 0 atom stereocenters. The van der Waals surface area contributed by atoms with E-state index in [9.17, 15) is 4.79 Å². The summed E-state index contributed by atoms with van der Waals surface area (Å²) in [5.74, 6) is 0.868. The van der Waals surface area contributed by atoms with Crippen molar-refractivity contribution in [3.63, 3.8) is 0 Å². The fourth-order valence-corrected chi connectivity index (χ4v) is 4.00. The second-order valence-corrected chi connectivity index (χ2v) is 7.24. The minimum Gasteiger partial charge on any atom is -0.486 e. The number of carbonyl (C=O) groups excluding carboxylic acids is 1. The average molecular weight is 375 g/mol. The third-order valence-corrected chi connectivity index (χ3v) is 5.20. The summed E-state index contributed by atoms with van der Waals surface area (Å²) < 4.78 is 12.1. The van der Waals surface area contributed by atoms with Crippen LogP contribution in [-0.2, 0) is 6.54 Å². The van der Waals surface area contributed by atoms with Gasteiger partial charge in [0.1, 0.15) is 18.2 Å². The number of fused-ring (bicyclic) bond motifs is 2. The largest absolute Gasteiger partial charge is 0.486 e. The van der Waals surface area contributed by atoms with Gasteiger partial charge in [-0.15, -0.1) is 11.3 Å². The number of nitrogens with zero attached hydrogens (tertiary/aromatic N) is 2. The maximum absolute atomic E-state index is 12.7. The molecule has 0 bridgehead atoms. The average Bonchev–Trinajstić information content (AvgIpc) is 3.03. The summed E-state index contributed by atoms with van der Waals surface area (Å²) in [6.45, 7) is 1.34. The van der Waals surface area contributed by atoms with Crippen LogP contribution in [0, 0.1) is 0 Å². The van der Waals surface area contributed by atoms with Crippen LogP contribution in [0.4, 0.5) is 0 Å². The summed E-state index contributed by atoms with van der Waals surface area (Å²) in [5.41, 5.74) is 1.42. The number of hydrogen-bond acceptors (Lipinski definition) is 5. The third kappa shape index (κ3) is 3.15. The number of para-hydroxylation sites is 1. The number of amides is 1. The second kappa shape index (κ2) is 6.54. The first kappa shape index (κ1) is 16.2. The topological polar surface area (TPSA) is 51.7 Å². The van der Waals surface area contributed by atoms with Crippen molar-refractivity contribution in [3.8, 4) is 11.5 Å². The van der Waals surface area contributed by atoms with Crippen molar-refractivity contribution in [2.75, 3.05) is 20.3 Å². The highest BCUT2D eigenvalue weighted by molar-refractivity contribution is 7.18. The zero-order valence-corrected chi connectivity index (χ0v) is 15.1. The molecule has 2 aromatic carbocycles. The molecule has 25 heavy (non-hydrogen) atoms. The highest BCUT2D eigenvalue weighted by Gasteiger charge is 2.21. The first-order valence-electron chi connectivity index (χ1n) is 7.81. The fourth-order valence-electron chi connectivity index (χ4n) is 2.72. The van der Waals surface area contributed by atoms with E-state index in [2.05, 4.69) is 4.98 Å². The van der Waals surface area contributed by atoms with E-state index in [0.717, 1.165) is 15.2 Å². The van der Waals surface area contributed by atoms with Gasteiger partial charge in [0.05, 0.1) is 21.8 Å². The molecule has 0 saturated heterocycles. The van der Waals surface area contributed by atoms with Gasteiger partial charge in [-0.05, 0) is 24.3 Å². The number of hydrogen-bond donors (Lipinski definition) is 0. The molecule has 0 fully saturated rings. The minimum absolute atomic E-state index is 0.141. The van der Waals surface area contributed by atoms with Crippen LogP contribution in [0.25, 0.3) is 10.2 Å². The van der Waals surface area contributed by atoms with Crippen LogP contribution in [0.5, 0.6) is 11.5 Å². The summed E-state index contributed by atoms with van der Waals surface area (Å²) in [4.78, 5) is 18.9. The van der Waals surface area contributed by atoms with Gasteiger partial charge in [-0.1, -0.05) is 23.7 Å². The van der Waals surface area contributed by atoms with Gasteiger partial charge in [0.25, 0.3) is 5.91 Å². The van der Waals surface area contributed by atoms with Gasteiger partial charge >= 0.3 is 0 Å². The van der Waals surface area contributed by atoms with Crippen molar-refractivity contribution >= 4 is 39.1 Å². The van der Waals surface area contributed by atoms with Crippen LogP contribution in [0.2, 0.25) is 5.02 Å². The van der Waals surface area contributed by atoms with Crippen LogP contribution in [0.15, 0.2) is 36.4 Å². The van der Waals surface area contributed by atoms with E-state index < -0.39 is 0 Å². The molecule has 5 nitrogen and oxygen atoms in total. The van der Waals surface area contributed by atoms with Crippen molar-refractivity contribution < 1.29 is 14.3 Å². The zero-order chi connectivity index (χ0) is 17.4. The molecule has 2 heterocycles. The molecular formula is C18H15ClN2O3S. The van der Waals surface area contributed by atoms with Crippen LogP contribution in [-0.4, -0.2) is 36.1 Å². The Morgan fingerprint density at radius 3 is 2.92 bits per heavy atom. The highest BCUT2D eigenvalue weighted by atomic mass is 35.5. The lowest BCUT2D eigenvalue weighted by Gasteiger charge is -2.21. The fraction of sp³-hybridized carbons (Fsp3) is 0.222. The zero-order valence-electron chi connectivity index (χ0n) is 13.5. The predicted molar refractivity (Wildman–Crippen MR) is 97.9 cm³/mol. The number of ether oxygens (including phenoxy) is 2.